The summed E-state index contributed by atoms with van der Waals surface area (Å²) in [6, 6.07) is 0. The fourth-order valence-corrected chi connectivity index (χ4v) is 0. The van der Waals surface area contributed by atoms with Gasteiger partial charge in [0.05, 0.1) is 0 Å². The van der Waals surface area contributed by atoms with E-state index in [0.29, 0.717) is 0 Å². The van der Waals surface area contributed by atoms with E-state index in [2.05, 4.69) is 41.5 Å². The maximum atomic E-state index is 5.41. The van der Waals surface area contributed by atoms with E-state index < -0.39 is 8.11 Å². The molecular formula is C4H14BrClSi2. The van der Waals surface area contributed by atoms with Gasteiger partial charge in [0.15, 0.2) is 0 Å². The summed E-state index contributed by atoms with van der Waals surface area (Å²) in [5, 5.41) is 0. The molecule has 0 N–H and O–H groups in total. The van der Waals surface area contributed by atoms with Crippen LogP contribution in [0.4, 0.5) is 0 Å². The van der Waals surface area contributed by atoms with E-state index in [1.54, 1.807) is 0 Å². The molecule has 0 aliphatic rings. The van der Waals surface area contributed by atoms with Crippen molar-refractivity contribution in [3.63, 3.8) is 0 Å². The zero-order chi connectivity index (χ0) is 7.15. The molecule has 0 aromatic heterocycles. The molecule has 0 unspecified atom stereocenters. The third-order valence-corrected chi connectivity index (χ3v) is 0. The Balaban J connectivity index is 0. The minimum absolute atomic E-state index is 0.326. The molecule has 0 atom stereocenters. The first-order valence-corrected chi connectivity index (χ1v) is 12.3. The maximum Gasteiger partial charge on any atom is 0.134 e. The first kappa shape index (κ1) is 11.9. The van der Waals surface area contributed by atoms with Crippen molar-refractivity contribution in [3.8, 4) is 0 Å². The molecule has 0 rings (SSSR count). The van der Waals surface area contributed by atoms with Gasteiger partial charge in [0.25, 0.3) is 0 Å². The van der Waals surface area contributed by atoms with Crippen LogP contribution in [0.2, 0.25) is 26.2 Å². The summed E-state index contributed by atoms with van der Waals surface area (Å²) in [4.78, 5) is 0. The highest BCUT2D eigenvalue weighted by Gasteiger charge is 1.76. The minimum Gasteiger partial charge on any atom is -0.172 e. The molecule has 52 valence electrons. The van der Waals surface area contributed by atoms with Crippen molar-refractivity contribution in [2.75, 3.05) is 0 Å². The third-order valence-electron chi connectivity index (χ3n) is 0. The molecule has 0 radical (unpaired) electrons. The van der Waals surface area contributed by atoms with Crippen LogP contribution in [-0.2, 0) is 0 Å². The largest absolute Gasteiger partial charge is 0.172 e. The van der Waals surface area contributed by atoms with E-state index in [1.165, 1.54) is 0 Å². The highest BCUT2D eigenvalue weighted by molar-refractivity contribution is 9.24. The predicted octanol–water partition coefficient (Wildman–Crippen LogP) is 2.57. The van der Waals surface area contributed by atoms with Crippen molar-refractivity contribution >= 4 is 41.9 Å². The fraction of sp³-hybridized carbons (Fsp3) is 1.00. The Labute approximate surface area is 68.1 Å². The Morgan fingerprint density at radius 3 is 1.12 bits per heavy atom. The molecule has 0 bridgehead atoms. The zero-order valence-corrected chi connectivity index (χ0v) is 10.6. The van der Waals surface area contributed by atoms with Crippen molar-refractivity contribution in [1.82, 2.24) is 0 Å². The predicted molar refractivity (Wildman–Crippen MR) is 52.5 cm³/mol. The number of halogens is 2. The molecule has 0 nitrogen and oxygen atoms in total. The van der Waals surface area contributed by atoms with E-state index in [4.69, 9.17) is 11.1 Å². The molecule has 0 fully saturated rings. The number of hydrogen-bond acceptors (Lipinski definition) is 0. The molecular weight excluding hydrogens is 220 g/mol. The van der Waals surface area contributed by atoms with Crippen LogP contribution in [0.5, 0.6) is 0 Å². The van der Waals surface area contributed by atoms with Crippen LogP contribution in [-0.4, -0.2) is 15.5 Å². The second-order valence-corrected chi connectivity index (χ2v) is 14.2. The second kappa shape index (κ2) is 8.20. The smallest absolute Gasteiger partial charge is 0.134 e. The van der Waals surface area contributed by atoms with Crippen molar-refractivity contribution in [1.29, 1.82) is 0 Å². The molecule has 8 heavy (non-hydrogen) atoms. The van der Waals surface area contributed by atoms with Crippen LogP contribution in [0.1, 0.15) is 0 Å². The van der Waals surface area contributed by atoms with E-state index in [0.717, 1.165) is 0 Å². The molecule has 0 aliphatic heterocycles. The third kappa shape index (κ3) is 191. The molecule has 0 aliphatic carbocycles. The van der Waals surface area contributed by atoms with Crippen LogP contribution in [0.25, 0.3) is 0 Å². The Bertz CT molecular complexity index is 29.5. The van der Waals surface area contributed by atoms with Crippen LogP contribution >= 0.6 is 26.4 Å². The lowest BCUT2D eigenvalue weighted by atomic mass is 11.9. The molecule has 0 aromatic rings. The van der Waals surface area contributed by atoms with Crippen molar-refractivity contribution in [3.05, 3.63) is 0 Å². The van der Waals surface area contributed by atoms with Crippen molar-refractivity contribution in [2.45, 2.75) is 26.2 Å². The Morgan fingerprint density at radius 1 is 1.12 bits per heavy atom. The van der Waals surface area contributed by atoms with Gasteiger partial charge >= 0.3 is 0 Å². The Hall–Kier alpha value is 1.20. The Morgan fingerprint density at radius 2 is 1.12 bits per heavy atom. The molecule has 0 amide bonds. The lowest BCUT2D eigenvalue weighted by Gasteiger charge is -1.72. The van der Waals surface area contributed by atoms with Gasteiger partial charge in [0, 0.05) is 0 Å². The van der Waals surface area contributed by atoms with Crippen LogP contribution in [0, 0.1) is 0 Å². The van der Waals surface area contributed by atoms with Gasteiger partial charge in [-0.15, -0.1) is 15.3 Å². The first-order valence-electron chi connectivity index (χ1n) is 2.75. The first-order chi connectivity index (χ1) is 3.46. The van der Waals surface area contributed by atoms with E-state index in [1.807, 2.05) is 0 Å². The highest BCUT2D eigenvalue weighted by atomic mass is 79.9. The van der Waals surface area contributed by atoms with Gasteiger partial charge in [-0.05, 0) is 0 Å². The second-order valence-electron chi connectivity index (χ2n) is 2.03. The summed E-state index contributed by atoms with van der Waals surface area (Å²) in [5.74, 6) is 0. The molecule has 4 heteroatoms. The van der Waals surface area contributed by atoms with Gasteiger partial charge in [-0.3, -0.25) is 0 Å². The quantitative estimate of drug-likeness (QED) is 0.446. The van der Waals surface area contributed by atoms with Crippen LogP contribution in [0.15, 0.2) is 0 Å². The Kier molecular flexibility index (Phi) is 12.2. The summed E-state index contributed by atoms with van der Waals surface area (Å²) < 4.78 is 0. The van der Waals surface area contributed by atoms with Gasteiger partial charge < -0.3 is 0 Å². The van der Waals surface area contributed by atoms with Crippen molar-refractivity contribution in [2.24, 2.45) is 0 Å². The van der Waals surface area contributed by atoms with E-state index in [9.17, 15) is 0 Å². The van der Waals surface area contributed by atoms with Crippen LogP contribution < -0.4 is 0 Å². The SMILES string of the molecule is C[SiH](C)Br.C[SiH](C)Cl. The standard InChI is InChI=1S/C2H7BrSi.C2H7ClSi/c2*1-4(2)3/h2*4H,1-2H3. The summed E-state index contributed by atoms with van der Waals surface area (Å²) in [6.07, 6.45) is 0. The van der Waals surface area contributed by atoms with E-state index >= 15 is 0 Å². The van der Waals surface area contributed by atoms with Crippen molar-refractivity contribution < 1.29 is 0 Å². The summed E-state index contributed by atoms with van der Waals surface area (Å²) >= 11 is 8.82. The lowest BCUT2D eigenvalue weighted by Crippen LogP contribution is -1.78. The average Bonchev–Trinajstić information content (AvgIpc) is 1.25. The highest BCUT2D eigenvalue weighted by Crippen LogP contribution is 1.85. The average molecular weight is 234 g/mol. The normalized spacial score (nSPS) is 9.00. The monoisotopic (exact) mass is 232 g/mol. The van der Waals surface area contributed by atoms with Gasteiger partial charge in [-0.1, -0.05) is 26.2 Å². The van der Waals surface area contributed by atoms with Gasteiger partial charge in [-0.2, -0.15) is 11.1 Å². The number of hydrogen-bond donors (Lipinski definition) is 0. The van der Waals surface area contributed by atoms with Crippen LogP contribution in [0.3, 0.4) is 0 Å². The van der Waals surface area contributed by atoms with Gasteiger partial charge in [0.1, 0.15) is 15.5 Å². The maximum absolute atomic E-state index is 5.41. The molecule has 0 heterocycles. The number of rotatable bonds is 0. The van der Waals surface area contributed by atoms with Gasteiger partial charge in [0.2, 0.25) is 0 Å². The molecule has 0 saturated heterocycles. The molecule has 0 aromatic carbocycles. The van der Waals surface area contributed by atoms with E-state index in [-0.39, 0.29) is 7.42 Å². The molecule has 0 saturated carbocycles. The lowest BCUT2D eigenvalue weighted by molar-refractivity contribution is 2.10. The summed E-state index contributed by atoms with van der Waals surface area (Å²) in [7, 11) is -0.993. The molecule has 0 spiro atoms. The topological polar surface area (TPSA) is 0 Å². The zero-order valence-electron chi connectivity index (χ0n) is 5.91. The summed E-state index contributed by atoms with van der Waals surface area (Å²) in [6.45, 7) is 8.59. The fourth-order valence-electron chi connectivity index (χ4n) is 0. The summed E-state index contributed by atoms with van der Waals surface area (Å²) in [5.41, 5.74) is 0. The minimum atomic E-state index is -0.667. The van der Waals surface area contributed by atoms with Gasteiger partial charge in [-0.25, -0.2) is 0 Å².